The van der Waals surface area contributed by atoms with Crippen molar-refractivity contribution in [2.45, 2.75) is 26.3 Å². The normalized spacial score (nSPS) is 11.1. The summed E-state index contributed by atoms with van der Waals surface area (Å²) in [6.45, 7) is 8.34. The molecule has 0 atom stereocenters. The summed E-state index contributed by atoms with van der Waals surface area (Å²) in [6.07, 6.45) is 1.75. The fourth-order valence-electron chi connectivity index (χ4n) is 2.12. The summed E-state index contributed by atoms with van der Waals surface area (Å²) >= 11 is 3.34. The van der Waals surface area contributed by atoms with E-state index in [-0.39, 0.29) is 11.7 Å². The van der Waals surface area contributed by atoms with Crippen LogP contribution in [0, 0.1) is 5.82 Å². The number of nitrogens with two attached hydrogens (primary N) is 1. The Balaban J connectivity index is 2.65. The summed E-state index contributed by atoms with van der Waals surface area (Å²) in [5.41, 5.74) is 7.03. The molecule has 0 unspecified atom stereocenters. The average Bonchev–Trinajstić information content (AvgIpc) is 2.71. The van der Waals surface area contributed by atoms with Crippen molar-refractivity contribution in [2.24, 2.45) is 0 Å². The van der Waals surface area contributed by atoms with Gasteiger partial charge in [0.05, 0.1) is 0 Å². The number of hydrogen-bond donors (Lipinski definition) is 1. The quantitative estimate of drug-likeness (QED) is 0.843. The minimum Gasteiger partial charge on any atom is -0.383 e. The Kier molecular flexibility index (Phi) is 4.28. The monoisotopic (exact) mass is 337 g/mol. The second-order valence-corrected chi connectivity index (χ2v) is 5.80. The Hall–Kier alpha value is -1.62. The Morgan fingerprint density at radius 1 is 1.50 bits per heavy atom. The molecular formula is C15H17BrFN3. The van der Waals surface area contributed by atoms with Crippen LogP contribution in [0.25, 0.3) is 11.3 Å². The Labute approximate surface area is 126 Å². The van der Waals surface area contributed by atoms with Crippen molar-refractivity contribution in [1.29, 1.82) is 0 Å². The van der Waals surface area contributed by atoms with Crippen molar-refractivity contribution in [3.63, 3.8) is 0 Å². The molecule has 0 amide bonds. The van der Waals surface area contributed by atoms with Gasteiger partial charge in [-0.2, -0.15) is 0 Å². The molecule has 0 bridgehead atoms. The van der Waals surface area contributed by atoms with Gasteiger partial charge in [-0.15, -0.1) is 6.58 Å². The molecule has 20 heavy (non-hydrogen) atoms. The van der Waals surface area contributed by atoms with Crippen LogP contribution >= 0.6 is 15.9 Å². The maximum absolute atomic E-state index is 14.0. The first-order chi connectivity index (χ1) is 9.45. The lowest BCUT2D eigenvalue weighted by molar-refractivity contribution is 0.630. The molecule has 1 aromatic heterocycles. The summed E-state index contributed by atoms with van der Waals surface area (Å²) in [4.78, 5) is 4.53. The predicted octanol–water partition coefficient (Wildman–Crippen LogP) is 4.34. The summed E-state index contributed by atoms with van der Waals surface area (Å²) in [5, 5.41) is 0. The van der Waals surface area contributed by atoms with Gasteiger partial charge in [-0.25, -0.2) is 9.37 Å². The van der Waals surface area contributed by atoms with Crippen LogP contribution in [-0.4, -0.2) is 9.55 Å². The highest BCUT2D eigenvalue weighted by Gasteiger charge is 2.19. The van der Waals surface area contributed by atoms with E-state index in [1.807, 2.05) is 18.4 Å². The van der Waals surface area contributed by atoms with Crippen molar-refractivity contribution in [1.82, 2.24) is 9.55 Å². The molecule has 106 valence electrons. The molecule has 0 aliphatic rings. The van der Waals surface area contributed by atoms with E-state index in [0.29, 0.717) is 23.6 Å². The lowest BCUT2D eigenvalue weighted by Crippen LogP contribution is -2.07. The number of nitrogen functional groups attached to an aromatic ring is 1. The zero-order valence-electron chi connectivity index (χ0n) is 11.5. The number of halogens is 2. The fourth-order valence-corrected chi connectivity index (χ4v) is 2.48. The van der Waals surface area contributed by atoms with Crippen molar-refractivity contribution >= 4 is 21.7 Å². The molecule has 2 aromatic rings. The van der Waals surface area contributed by atoms with E-state index in [1.54, 1.807) is 18.2 Å². The molecule has 2 rings (SSSR count). The average molecular weight is 338 g/mol. The van der Waals surface area contributed by atoms with E-state index in [4.69, 9.17) is 5.73 Å². The van der Waals surface area contributed by atoms with Crippen molar-refractivity contribution in [3.8, 4) is 11.3 Å². The molecule has 3 nitrogen and oxygen atoms in total. The van der Waals surface area contributed by atoms with Gasteiger partial charge in [0.2, 0.25) is 0 Å². The zero-order valence-corrected chi connectivity index (χ0v) is 13.1. The number of aromatic nitrogens is 2. The molecular weight excluding hydrogens is 321 g/mol. The highest BCUT2D eigenvalue weighted by atomic mass is 79.9. The summed E-state index contributed by atoms with van der Waals surface area (Å²) in [5.74, 6) is 1.15. The first-order valence-corrected chi connectivity index (χ1v) is 7.17. The third kappa shape index (κ3) is 2.63. The number of imidazole rings is 1. The first kappa shape index (κ1) is 14.8. The topological polar surface area (TPSA) is 43.8 Å². The lowest BCUT2D eigenvalue weighted by Gasteiger charge is -2.09. The van der Waals surface area contributed by atoms with E-state index in [0.717, 1.165) is 10.3 Å². The van der Waals surface area contributed by atoms with Crippen LogP contribution in [0.15, 0.2) is 35.3 Å². The van der Waals surface area contributed by atoms with Gasteiger partial charge < -0.3 is 10.3 Å². The van der Waals surface area contributed by atoms with Crippen molar-refractivity contribution in [3.05, 3.63) is 47.0 Å². The number of anilines is 1. The molecule has 1 aromatic carbocycles. The second kappa shape index (κ2) is 5.79. The highest BCUT2D eigenvalue weighted by molar-refractivity contribution is 9.10. The van der Waals surface area contributed by atoms with Crippen LogP contribution in [0.4, 0.5) is 10.2 Å². The van der Waals surface area contributed by atoms with E-state index in [1.165, 1.54) is 6.07 Å². The lowest BCUT2D eigenvalue weighted by atomic mass is 10.1. The van der Waals surface area contributed by atoms with Gasteiger partial charge >= 0.3 is 0 Å². The maximum Gasteiger partial charge on any atom is 0.132 e. The third-order valence-corrected chi connectivity index (χ3v) is 3.54. The van der Waals surface area contributed by atoms with Gasteiger partial charge in [0.1, 0.15) is 23.2 Å². The highest BCUT2D eigenvalue weighted by Crippen LogP contribution is 2.32. The summed E-state index contributed by atoms with van der Waals surface area (Å²) in [7, 11) is 0. The minimum atomic E-state index is -0.335. The van der Waals surface area contributed by atoms with Gasteiger partial charge in [-0.3, -0.25) is 0 Å². The summed E-state index contributed by atoms with van der Waals surface area (Å²) in [6, 6.07) is 4.75. The molecule has 0 saturated heterocycles. The van der Waals surface area contributed by atoms with Crippen LogP contribution in [-0.2, 0) is 6.54 Å². The van der Waals surface area contributed by atoms with Crippen LogP contribution in [0.3, 0.4) is 0 Å². The second-order valence-electron chi connectivity index (χ2n) is 4.88. The van der Waals surface area contributed by atoms with Crippen molar-refractivity contribution < 1.29 is 4.39 Å². The predicted molar refractivity (Wildman–Crippen MR) is 84.0 cm³/mol. The summed E-state index contributed by atoms with van der Waals surface area (Å²) < 4.78 is 16.7. The van der Waals surface area contributed by atoms with Crippen LogP contribution < -0.4 is 5.73 Å². The number of hydrogen-bond acceptors (Lipinski definition) is 2. The largest absolute Gasteiger partial charge is 0.383 e. The maximum atomic E-state index is 14.0. The van der Waals surface area contributed by atoms with Gasteiger partial charge in [0, 0.05) is 22.5 Å². The van der Waals surface area contributed by atoms with Gasteiger partial charge in [0.25, 0.3) is 0 Å². The Bertz CT molecular complexity index is 647. The first-order valence-electron chi connectivity index (χ1n) is 6.38. The molecule has 0 fully saturated rings. The number of rotatable bonds is 4. The molecule has 0 aliphatic carbocycles. The van der Waals surface area contributed by atoms with Gasteiger partial charge in [-0.1, -0.05) is 35.9 Å². The van der Waals surface area contributed by atoms with Gasteiger partial charge in [-0.05, 0) is 18.2 Å². The van der Waals surface area contributed by atoms with E-state index in [2.05, 4.69) is 27.5 Å². The fraction of sp³-hybridized carbons (Fsp3) is 0.267. The Morgan fingerprint density at radius 2 is 2.20 bits per heavy atom. The molecule has 5 heteroatoms. The molecule has 0 radical (unpaired) electrons. The number of allylic oxidation sites excluding steroid dienone is 1. The van der Waals surface area contributed by atoms with E-state index in [9.17, 15) is 4.39 Å². The number of benzene rings is 1. The standard InChI is InChI=1S/C15H17BrFN3/c1-4-7-20-14(18)13(19-15(20)9(2)3)11-8-10(16)5-6-12(11)17/h4-6,8-9H,1,7,18H2,2-3H3. The molecule has 0 aliphatic heterocycles. The molecule has 0 saturated carbocycles. The molecule has 0 spiro atoms. The van der Waals surface area contributed by atoms with E-state index < -0.39 is 0 Å². The third-order valence-electron chi connectivity index (χ3n) is 3.05. The van der Waals surface area contributed by atoms with Gasteiger partial charge in [0.15, 0.2) is 0 Å². The van der Waals surface area contributed by atoms with Crippen LogP contribution in [0.2, 0.25) is 0 Å². The molecule has 1 heterocycles. The zero-order chi connectivity index (χ0) is 14.9. The molecule has 2 N–H and O–H groups in total. The Morgan fingerprint density at radius 3 is 2.80 bits per heavy atom. The minimum absolute atomic E-state index is 0.196. The number of nitrogens with zero attached hydrogens (tertiary/aromatic N) is 2. The smallest absolute Gasteiger partial charge is 0.132 e. The van der Waals surface area contributed by atoms with Crippen molar-refractivity contribution in [2.75, 3.05) is 5.73 Å². The van der Waals surface area contributed by atoms with Crippen LogP contribution in [0.1, 0.15) is 25.6 Å². The van der Waals surface area contributed by atoms with E-state index >= 15 is 0 Å². The van der Waals surface area contributed by atoms with Crippen LogP contribution in [0.5, 0.6) is 0 Å². The SMILES string of the molecule is C=CCn1c(C(C)C)nc(-c2cc(Br)ccc2F)c1N.